The van der Waals surface area contributed by atoms with Crippen LogP contribution in [0.2, 0.25) is 0 Å². The third-order valence-electron chi connectivity index (χ3n) is 24.1. The van der Waals surface area contributed by atoms with Crippen molar-refractivity contribution in [3.05, 3.63) is 30.3 Å². The van der Waals surface area contributed by atoms with E-state index in [4.69, 9.17) is 86.2 Å². The molecule has 12 saturated heterocycles. The predicted molar refractivity (Wildman–Crippen MR) is 317 cm³/mol. The van der Waals surface area contributed by atoms with Crippen molar-refractivity contribution < 1.29 is 115 Å². The van der Waals surface area contributed by atoms with Crippen LogP contribution in [0.1, 0.15) is 185 Å². The van der Waals surface area contributed by atoms with Gasteiger partial charge in [0.1, 0.15) is 25.4 Å². The maximum Gasteiger partial charge on any atom is 0.308 e. The summed E-state index contributed by atoms with van der Waals surface area (Å²) in [6, 6.07) is 8.69. The van der Waals surface area contributed by atoms with E-state index in [1.807, 2.05) is 41.5 Å². The second kappa shape index (κ2) is 25.3. The van der Waals surface area contributed by atoms with Gasteiger partial charge in [-0.15, -0.1) is 0 Å². The summed E-state index contributed by atoms with van der Waals surface area (Å²) < 4.78 is 74.4. The normalized spacial score (nSPS) is 45.4. The zero-order chi connectivity index (χ0) is 65.7. The SMILES string of the molecule is C[C@H]1[C@H](OC(=O)CCC(=O)OCC(COC(=O)CCC(=O)O[C@@H]2O[C@@H]3O[C@]4(C)CC[C@H]5[C@H](C)CC[C@@H]([C@H]2C)[C@@]35OO4)(COC(=O)CCC(=O)O[C@@H]2O[C@@H]3O[C@]4(C)CC[C@H]5[C@H](C)CC[C@@](C)([C@H]2C)[C@@]35OO4)Nc2ccccc2)O[C@@H]2O[C@]3(C)CC[C@H]4[C@H](C)CC[C@@H]1[C@@]24OO3. The van der Waals surface area contributed by atoms with Crippen molar-refractivity contribution in [1.82, 2.24) is 0 Å². The molecule has 16 rings (SSSR count). The predicted octanol–water partition coefficient (Wildman–Crippen LogP) is 9.45. The number of carbonyl (C=O) groups is 6. The maximum atomic E-state index is 13.9. The molecule has 12 aliphatic heterocycles. The zero-order valence-corrected chi connectivity index (χ0v) is 55.3. The minimum atomic E-state index is -1.70. The molecular formula is C68H95NO24. The first-order valence-electron chi connectivity index (χ1n) is 34.2. The number of rotatable bonds is 20. The lowest BCUT2D eigenvalue weighted by atomic mass is 9.50. The molecule has 516 valence electrons. The summed E-state index contributed by atoms with van der Waals surface area (Å²) in [4.78, 5) is 120. The summed E-state index contributed by atoms with van der Waals surface area (Å²) in [5.41, 5.74) is -4.49. The summed E-state index contributed by atoms with van der Waals surface area (Å²) in [5.74, 6) is -7.72. The van der Waals surface area contributed by atoms with Gasteiger partial charge in [-0.05, 0) is 126 Å². The van der Waals surface area contributed by atoms with Crippen LogP contribution in [-0.4, -0.2) is 133 Å². The Balaban J connectivity index is 0.662. The molecule has 25 nitrogen and oxygen atoms in total. The van der Waals surface area contributed by atoms with Gasteiger partial charge in [-0.3, -0.25) is 28.8 Å². The van der Waals surface area contributed by atoms with E-state index >= 15 is 0 Å². The summed E-state index contributed by atoms with van der Waals surface area (Å²) in [5, 5.41) is 3.27. The fraction of sp³-hybridized carbons (Fsp3) is 0.824. The summed E-state index contributed by atoms with van der Waals surface area (Å²) in [6.45, 7) is 18.3. The highest BCUT2D eigenvalue weighted by Gasteiger charge is 2.76. The van der Waals surface area contributed by atoms with Gasteiger partial charge in [0.05, 0.1) is 38.5 Å². The van der Waals surface area contributed by atoms with E-state index in [0.717, 1.165) is 57.8 Å². The van der Waals surface area contributed by atoms with Crippen LogP contribution in [0.4, 0.5) is 5.69 Å². The molecule has 15 aliphatic rings. The van der Waals surface area contributed by atoms with E-state index < -0.39 is 164 Å². The number of para-hydroxylation sites is 1. The molecule has 15 fully saturated rings. The monoisotopic (exact) mass is 1310 g/mol. The number of nitrogens with one attached hydrogen (secondary N) is 1. The Morgan fingerprint density at radius 1 is 0.441 bits per heavy atom. The lowest BCUT2D eigenvalue weighted by molar-refractivity contribution is -0.586. The Labute approximate surface area is 542 Å². The van der Waals surface area contributed by atoms with Gasteiger partial charge in [0.15, 0.2) is 35.7 Å². The Kier molecular flexibility index (Phi) is 18.2. The van der Waals surface area contributed by atoms with Gasteiger partial charge < -0.3 is 62.2 Å². The van der Waals surface area contributed by atoms with E-state index in [0.29, 0.717) is 42.7 Å². The molecule has 3 spiro atoms. The van der Waals surface area contributed by atoms with Crippen LogP contribution in [0.3, 0.4) is 0 Å². The molecule has 1 N–H and O–H groups in total. The third-order valence-corrected chi connectivity index (χ3v) is 24.1. The standard InChI is InChI=1S/C68H95NO24/c1-37-16-18-47-40(4)55(82-58-66(47)44(37)27-31-62(8,85-58)88-91-66)79-52(73)23-20-49(70)76-34-65(69-43-14-12-11-13-15-43,35-77-50(71)21-24-53(74)80-56-41(5)48-19-17-38(2)45-28-32-63(9)86-59(83-56)67(45,48)92-89-63)36-78-51(72)22-25-54(75)81-57-42(6)61(7)30-26-39(3)46-29-33-64(10)87-60(84-57)68(46,61)93-90-64/h11-15,37-42,44-48,55-60,69H,16-36H2,1-10H3/t37-,38-,39-,40-,41-,42+,44+,45+,46+,47+,48+,55-,56-,57-,58-,59-,60-,61+,62+,63+,64+,66-,67-,68+/m1/s1. The van der Waals surface area contributed by atoms with Crippen molar-refractivity contribution in [2.24, 2.45) is 70.5 Å². The van der Waals surface area contributed by atoms with Crippen molar-refractivity contribution in [3.8, 4) is 0 Å². The molecule has 0 aromatic heterocycles. The maximum absolute atomic E-state index is 13.9. The minimum Gasteiger partial charge on any atom is -0.463 e. The second-order valence-electron chi connectivity index (χ2n) is 30.2. The molecule has 93 heavy (non-hydrogen) atoms. The van der Waals surface area contributed by atoms with E-state index in [1.54, 1.807) is 30.3 Å². The molecule has 24 atom stereocenters. The highest BCUT2D eigenvalue weighted by molar-refractivity contribution is 5.79. The number of hydrogen-bond donors (Lipinski definition) is 1. The molecule has 0 amide bonds. The third kappa shape index (κ3) is 12.0. The van der Waals surface area contributed by atoms with Crippen molar-refractivity contribution in [2.75, 3.05) is 25.1 Å². The smallest absolute Gasteiger partial charge is 0.308 e. The number of esters is 6. The van der Waals surface area contributed by atoms with Crippen LogP contribution in [0.25, 0.3) is 0 Å². The first-order chi connectivity index (χ1) is 44.2. The Morgan fingerprint density at radius 3 is 1.31 bits per heavy atom. The molecule has 12 heterocycles. The molecule has 3 saturated carbocycles. The fourth-order valence-electron chi connectivity index (χ4n) is 18.4. The van der Waals surface area contributed by atoms with Crippen LogP contribution >= 0.6 is 0 Å². The number of hydrogen-bond acceptors (Lipinski definition) is 25. The quantitative estimate of drug-likeness (QED) is 0.0722. The molecule has 25 heteroatoms. The molecule has 6 bridgehead atoms. The van der Waals surface area contributed by atoms with E-state index in [2.05, 4.69) is 33.0 Å². The summed E-state index contributed by atoms with van der Waals surface area (Å²) in [6.07, 6.45) is 1.32. The Bertz CT molecular complexity index is 2860. The Hall–Kier alpha value is -4.64. The highest BCUT2D eigenvalue weighted by Crippen LogP contribution is 2.67. The van der Waals surface area contributed by atoms with Crippen molar-refractivity contribution >= 4 is 41.5 Å². The van der Waals surface area contributed by atoms with Crippen LogP contribution in [0.5, 0.6) is 0 Å². The highest BCUT2D eigenvalue weighted by atomic mass is 17.3. The number of anilines is 1. The van der Waals surface area contributed by atoms with Gasteiger partial charge in [0.2, 0.25) is 36.2 Å². The Morgan fingerprint density at radius 2 is 0.839 bits per heavy atom. The van der Waals surface area contributed by atoms with Gasteiger partial charge in [-0.1, -0.05) is 66.7 Å². The summed E-state index contributed by atoms with van der Waals surface area (Å²) in [7, 11) is 0. The second-order valence-corrected chi connectivity index (χ2v) is 30.2. The molecular weight excluding hydrogens is 1210 g/mol. The number of ether oxygens (including phenoxy) is 12. The first-order valence-corrected chi connectivity index (χ1v) is 34.2. The van der Waals surface area contributed by atoms with Gasteiger partial charge in [0.25, 0.3) is 0 Å². The van der Waals surface area contributed by atoms with Gasteiger partial charge in [0, 0.05) is 60.0 Å². The number of carbonyl (C=O) groups excluding carboxylic acids is 6. The van der Waals surface area contributed by atoms with Crippen LogP contribution < -0.4 is 5.32 Å². The lowest BCUT2D eigenvalue weighted by Gasteiger charge is -2.65. The molecule has 0 radical (unpaired) electrons. The molecule has 3 aliphatic carbocycles. The molecule has 1 aromatic carbocycles. The molecule has 0 unspecified atom stereocenters. The van der Waals surface area contributed by atoms with Gasteiger partial charge in [-0.25, -0.2) is 29.3 Å². The van der Waals surface area contributed by atoms with Gasteiger partial charge >= 0.3 is 35.8 Å². The van der Waals surface area contributed by atoms with Crippen LogP contribution in [-0.2, 0) is 115 Å². The van der Waals surface area contributed by atoms with Gasteiger partial charge in [-0.2, -0.15) is 0 Å². The minimum absolute atomic E-state index is 0.0715. The molecule has 1 aromatic rings. The summed E-state index contributed by atoms with van der Waals surface area (Å²) >= 11 is 0. The average molecular weight is 1310 g/mol. The lowest BCUT2D eigenvalue weighted by Crippen LogP contribution is -2.74. The van der Waals surface area contributed by atoms with Crippen molar-refractivity contribution in [3.63, 3.8) is 0 Å². The average Bonchev–Trinajstić information content (AvgIpc) is 1.69. The van der Waals surface area contributed by atoms with Crippen LogP contribution in [0, 0.1) is 70.5 Å². The largest absolute Gasteiger partial charge is 0.463 e. The fourth-order valence-corrected chi connectivity index (χ4v) is 18.4. The van der Waals surface area contributed by atoms with Crippen molar-refractivity contribution in [1.29, 1.82) is 0 Å². The van der Waals surface area contributed by atoms with E-state index in [-0.39, 0.29) is 60.2 Å². The number of fused-ring (bicyclic) bond motifs is 6. The van der Waals surface area contributed by atoms with Crippen LogP contribution in [0.15, 0.2) is 30.3 Å². The number of benzene rings is 1. The zero-order valence-electron chi connectivity index (χ0n) is 55.3. The van der Waals surface area contributed by atoms with E-state index in [9.17, 15) is 28.8 Å². The van der Waals surface area contributed by atoms with E-state index in [1.165, 1.54) is 0 Å². The topological polar surface area (TPSA) is 281 Å². The van der Waals surface area contributed by atoms with Crippen molar-refractivity contribution in [2.45, 2.75) is 262 Å². The first kappa shape index (κ1) is 67.0.